The van der Waals surface area contributed by atoms with Crippen molar-refractivity contribution in [3.8, 4) is 11.4 Å². The van der Waals surface area contributed by atoms with Crippen LogP contribution in [0.4, 0.5) is 0 Å². The molecule has 2 aromatic carbocycles. The third kappa shape index (κ3) is 1.50. The van der Waals surface area contributed by atoms with Gasteiger partial charge in [0.2, 0.25) is 5.78 Å². The van der Waals surface area contributed by atoms with Crippen LogP contribution in [0.2, 0.25) is 0 Å². The number of para-hydroxylation sites is 1. The van der Waals surface area contributed by atoms with E-state index < -0.39 is 0 Å². The van der Waals surface area contributed by atoms with Crippen LogP contribution in [0, 0.1) is 6.92 Å². The molecule has 0 saturated heterocycles. The minimum atomic E-state index is -0.255. The summed E-state index contributed by atoms with van der Waals surface area (Å²) in [6, 6.07) is 10.6. The van der Waals surface area contributed by atoms with Crippen LogP contribution in [0.3, 0.4) is 0 Å². The van der Waals surface area contributed by atoms with E-state index in [1.54, 1.807) is 30.3 Å². The van der Waals surface area contributed by atoms with E-state index in [-0.39, 0.29) is 17.2 Å². The van der Waals surface area contributed by atoms with Crippen LogP contribution in [0.5, 0.6) is 5.75 Å². The quantitative estimate of drug-likeness (QED) is 0.540. The van der Waals surface area contributed by atoms with Crippen molar-refractivity contribution in [2.75, 3.05) is 7.11 Å². The van der Waals surface area contributed by atoms with Gasteiger partial charge in [-0.15, -0.1) is 0 Å². The number of ketones is 1. The van der Waals surface area contributed by atoms with Gasteiger partial charge >= 0.3 is 0 Å². The number of nitrogens with zero attached hydrogens (tertiary/aromatic N) is 2. The SMILES string of the molecule is COc1cccc2c(=O)n3c(nc12)C(=O)c1cc(C)ccc1-3. The summed E-state index contributed by atoms with van der Waals surface area (Å²) >= 11 is 0. The van der Waals surface area contributed by atoms with Gasteiger partial charge in [0.05, 0.1) is 23.7 Å². The Balaban J connectivity index is 2.17. The molecule has 0 N–H and O–H groups in total. The first kappa shape index (κ1) is 12.8. The number of ether oxygens (including phenoxy) is 1. The standard InChI is InChI=1S/C17H12N2O3/c1-9-6-7-12-11(8-9)15(20)16-18-14-10(17(21)19(12)16)4-3-5-13(14)22-2/h3-8H,1-2H3. The lowest BCUT2D eigenvalue weighted by molar-refractivity contribution is 0.103. The largest absolute Gasteiger partial charge is 0.494 e. The van der Waals surface area contributed by atoms with Crippen LogP contribution in [0.1, 0.15) is 21.7 Å². The summed E-state index contributed by atoms with van der Waals surface area (Å²) in [6.45, 7) is 1.91. The molecule has 0 fully saturated rings. The Morgan fingerprint density at radius 3 is 2.73 bits per heavy atom. The molecule has 0 saturated carbocycles. The highest BCUT2D eigenvalue weighted by atomic mass is 16.5. The summed E-state index contributed by atoms with van der Waals surface area (Å²) in [5.41, 5.74) is 2.23. The third-order valence-electron chi connectivity index (χ3n) is 3.92. The summed E-state index contributed by atoms with van der Waals surface area (Å²) in [7, 11) is 1.52. The van der Waals surface area contributed by atoms with E-state index in [4.69, 9.17) is 4.74 Å². The maximum Gasteiger partial charge on any atom is 0.266 e. The molecular weight excluding hydrogens is 280 g/mol. The number of aryl methyl sites for hydroxylation is 1. The van der Waals surface area contributed by atoms with Gasteiger partial charge in [-0.25, -0.2) is 4.98 Å². The molecule has 3 aromatic rings. The second-order valence-electron chi connectivity index (χ2n) is 5.28. The number of aromatic nitrogens is 2. The van der Waals surface area contributed by atoms with Crippen molar-refractivity contribution in [2.45, 2.75) is 6.92 Å². The van der Waals surface area contributed by atoms with E-state index in [1.165, 1.54) is 11.7 Å². The van der Waals surface area contributed by atoms with Crippen LogP contribution in [0.15, 0.2) is 41.2 Å². The minimum absolute atomic E-state index is 0.141. The highest BCUT2D eigenvalue weighted by molar-refractivity contribution is 6.13. The lowest BCUT2D eigenvalue weighted by Crippen LogP contribution is -2.21. The van der Waals surface area contributed by atoms with Crippen LogP contribution >= 0.6 is 0 Å². The molecule has 5 heteroatoms. The fraction of sp³-hybridized carbons (Fsp3) is 0.118. The smallest absolute Gasteiger partial charge is 0.266 e. The Morgan fingerprint density at radius 2 is 1.95 bits per heavy atom. The third-order valence-corrected chi connectivity index (χ3v) is 3.92. The van der Waals surface area contributed by atoms with Crippen LogP contribution in [-0.4, -0.2) is 22.4 Å². The lowest BCUT2D eigenvalue weighted by atomic mass is 10.1. The Labute approximate surface area is 125 Å². The summed E-state index contributed by atoms with van der Waals surface area (Å²) in [5, 5.41) is 0.435. The molecule has 5 nitrogen and oxygen atoms in total. The van der Waals surface area contributed by atoms with Gasteiger partial charge in [-0.3, -0.25) is 14.2 Å². The molecule has 0 spiro atoms. The maximum absolute atomic E-state index is 12.8. The number of hydrogen-bond acceptors (Lipinski definition) is 4. The second kappa shape index (κ2) is 4.27. The minimum Gasteiger partial charge on any atom is -0.494 e. The van der Waals surface area contributed by atoms with Gasteiger partial charge in [-0.1, -0.05) is 17.7 Å². The molecule has 0 amide bonds. The number of rotatable bonds is 1. The maximum atomic E-state index is 12.8. The van der Waals surface area contributed by atoms with Crippen LogP contribution in [0.25, 0.3) is 16.6 Å². The van der Waals surface area contributed by atoms with Gasteiger partial charge < -0.3 is 4.74 Å². The van der Waals surface area contributed by atoms with Gasteiger partial charge in [0.15, 0.2) is 5.82 Å². The molecule has 2 heterocycles. The Kier molecular flexibility index (Phi) is 2.48. The van der Waals surface area contributed by atoms with Crippen molar-refractivity contribution < 1.29 is 9.53 Å². The molecular formula is C17H12N2O3. The van der Waals surface area contributed by atoms with E-state index in [0.29, 0.717) is 27.9 Å². The molecule has 108 valence electrons. The van der Waals surface area contributed by atoms with E-state index in [1.807, 2.05) is 13.0 Å². The first-order chi connectivity index (χ1) is 10.6. The van der Waals surface area contributed by atoms with Gasteiger partial charge in [0.1, 0.15) is 11.3 Å². The van der Waals surface area contributed by atoms with Crippen LogP contribution < -0.4 is 10.3 Å². The summed E-state index contributed by atoms with van der Waals surface area (Å²) in [5.74, 6) is 0.393. The first-order valence-electron chi connectivity index (χ1n) is 6.87. The molecule has 0 aliphatic carbocycles. The van der Waals surface area contributed by atoms with Gasteiger partial charge in [0.25, 0.3) is 5.56 Å². The van der Waals surface area contributed by atoms with E-state index in [2.05, 4.69) is 4.98 Å². The number of carbonyl (C=O) groups is 1. The molecule has 1 aromatic heterocycles. The number of benzene rings is 2. The zero-order chi connectivity index (χ0) is 15.4. The highest BCUT2D eigenvalue weighted by Gasteiger charge is 2.30. The van der Waals surface area contributed by atoms with Gasteiger partial charge in [0, 0.05) is 0 Å². The molecule has 1 aliphatic heterocycles. The zero-order valence-corrected chi connectivity index (χ0v) is 12.1. The fourth-order valence-electron chi connectivity index (χ4n) is 2.87. The van der Waals surface area contributed by atoms with Crippen molar-refractivity contribution in [2.24, 2.45) is 0 Å². The summed E-state index contributed by atoms with van der Waals surface area (Å²) in [4.78, 5) is 29.8. The number of carbonyl (C=O) groups excluding carboxylic acids is 1. The van der Waals surface area contributed by atoms with E-state index >= 15 is 0 Å². The number of methoxy groups -OCH3 is 1. The molecule has 0 radical (unpaired) electrons. The summed E-state index contributed by atoms with van der Waals surface area (Å²) in [6.07, 6.45) is 0. The predicted octanol–water partition coefficient (Wildman–Crippen LogP) is 2.25. The number of fused-ring (bicyclic) bond motifs is 4. The first-order valence-corrected chi connectivity index (χ1v) is 6.87. The normalized spacial score (nSPS) is 12.4. The molecule has 0 bridgehead atoms. The number of hydrogen-bond donors (Lipinski definition) is 0. The average Bonchev–Trinajstić information content (AvgIpc) is 2.80. The van der Waals surface area contributed by atoms with Crippen molar-refractivity contribution in [1.82, 2.24) is 9.55 Å². The van der Waals surface area contributed by atoms with Gasteiger partial charge in [-0.05, 0) is 31.2 Å². The predicted molar refractivity (Wildman–Crippen MR) is 82.1 cm³/mol. The monoisotopic (exact) mass is 292 g/mol. The topological polar surface area (TPSA) is 61.2 Å². The van der Waals surface area contributed by atoms with Crippen molar-refractivity contribution in [3.05, 3.63) is 63.7 Å². The second-order valence-corrected chi connectivity index (χ2v) is 5.28. The van der Waals surface area contributed by atoms with Crippen molar-refractivity contribution >= 4 is 16.7 Å². The molecule has 1 aliphatic rings. The van der Waals surface area contributed by atoms with Crippen molar-refractivity contribution in [3.63, 3.8) is 0 Å². The Hall–Kier alpha value is -2.95. The van der Waals surface area contributed by atoms with Gasteiger partial charge in [-0.2, -0.15) is 0 Å². The molecule has 4 rings (SSSR count). The highest BCUT2D eigenvalue weighted by Crippen LogP contribution is 2.29. The average molecular weight is 292 g/mol. The lowest BCUT2D eigenvalue weighted by Gasteiger charge is -2.08. The molecule has 0 atom stereocenters. The molecule has 22 heavy (non-hydrogen) atoms. The Bertz CT molecular complexity index is 1020. The van der Waals surface area contributed by atoms with Crippen molar-refractivity contribution in [1.29, 1.82) is 0 Å². The summed E-state index contributed by atoms with van der Waals surface area (Å²) < 4.78 is 6.64. The van der Waals surface area contributed by atoms with Crippen LogP contribution in [-0.2, 0) is 0 Å². The Morgan fingerprint density at radius 1 is 1.14 bits per heavy atom. The van der Waals surface area contributed by atoms with E-state index in [9.17, 15) is 9.59 Å². The van der Waals surface area contributed by atoms with E-state index in [0.717, 1.165) is 5.56 Å². The zero-order valence-electron chi connectivity index (χ0n) is 12.1. The fourth-order valence-corrected chi connectivity index (χ4v) is 2.87. The molecule has 0 unspecified atom stereocenters.